The average Bonchev–Trinajstić information content (AvgIpc) is 2.89. The third-order valence-electron chi connectivity index (χ3n) is 3.44. The van der Waals surface area contributed by atoms with Crippen molar-refractivity contribution in [3.05, 3.63) is 34.3 Å². The highest BCUT2D eigenvalue weighted by atomic mass is 79.9. The molecule has 0 aliphatic carbocycles. The first-order valence-corrected chi connectivity index (χ1v) is 7.21. The van der Waals surface area contributed by atoms with E-state index >= 15 is 0 Å². The lowest BCUT2D eigenvalue weighted by molar-refractivity contribution is -0.142. The van der Waals surface area contributed by atoms with E-state index in [1.165, 1.54) is 0 Å². The zero-order valence-corrected chi connectivity index (χ0v) is 12.7. The van der Waals surface area contributed by atoms with Gasteiger partial charge in [0.1, 0.15) is 5.92 Å². The quantitative estimate of drug-likeness (QED) is 0.909. The molecule has 0 saturated carbocycles. The summed E-state index contributed by atoms with van der Waals surface area (Å²) < 4.78 is 6.06. The Morgan fingerprint density at radius 1 is 1.45 bits per heavy atom. The van der Waals surface area contributed by atoms with Crippen LogP contribution in [0.4, 0.5) is 0 Å². The number of carboxylic acid groups (broad SMARTS) is 1. The number of hydrogen-bond acceptors (Lipinski definition) is 3. The summed E-state index contributed by atoms with van der Waals surface area (Å²) in [5, 5.41) is 9.20. The van der Waals surface area contributed by atoms with Crippen LogP contribution in [0.15, 0.2) is 28.7 Å². The molecule has 2 unspecified atom stereocenters. The molecule has 1 saturated heterocycles. The van der Waals surface area contributed by atoms with E-state index in [0.717, 1.165) is 4.47 Å². The van der Waals surface area contributed by atoms with Crippen molar-refractivity contribution < 1.29 is 19.4 Å². The summed E-state index contributed by atoms with van der Waals surface area (Å²) in [6.07, 6.45) is 0. The van der Waals surface area contributed by atoms with Gasteiger partial charge in [0, 0.05) is 16.6 Å². The third-order valence-corrected chi connectivity index (χ3v) is 3.93. The summed E-state index contributed by atoms with van der Waals surface area (Å²) in [7, 11) is 0. The second-order valence-corrected chi connectivity index (χ2v) is 5.57. The molecule has 2 atom stereocenters. The largest absolute Gasteiger partial charge is 0.481 e. The van der Waals surface area contributed by atoms with E-state index in [2.05, 4.69) is 15.9 Å². The molecular formula is C14H16BrNO4. The predicted octanol–water partition coefficient (Wildman–Crippen LogP) is 2.01. The van der Waals surface area contributed by atoms with Crippen LogP contribution in [0, 0.1) is 5.92 Å². The second-order valence-electron chi connectivity index (χ2n) is 4.65. The van der Waals surface area contributed by atoms with Gasteiger partial charge in [-0.15, -0.1) is 0 Å². The Balaban J connectivity index is 2.23. The van der Waals surface area contributed by atoms with Gasteiger partial charge in [-0.2, -0.15) is 0 Å². The first kappa shape index (κ1) is 15.0. The topological polar surface area (TPSA) is 66.8 Å². The molecule has 1 aliphatic heterocycles. The van der Waals surface area contributed by atoms with Crippen LogP contribution in [0.1, 0.15) is 17.3 Å². The number of rotatable bonds is 4. The molecule has 5 nitrogen and oxygen atoms in total. The number of hydrogen-bond donors (Lipinski definition) is 1. The van der Waals surface area contributed by atoms with E-state index < -0.39 is 17.9 Å². The van der Waals surface area contributed by atoms with Gasteiger partial charge in [0.15, 0.2) is 0 Å². The fraction of sp³-hybridized carbons (Fsp3) is 0.429. The first-order chi connectivity index (χ1) is 9.54. The van der Waals surface area contributed by atoms with Crippen molar-refractivity contribution in [2.45, 2.75) is 13.0 Å². The molecule has 2 rings (SSSR count). The number of benzene rings is 1. The number of nitrogens with zero attached hydrogens (tertiary/aromatic N) is 1. The molecular weight excluding hydrogens is 326 g/mol. The molecule has 1 amide bonds. The number of halogens is 1. The molecule has 1 heterocycles. The summed E-state index contributed by atoms with van der Waals surface area (Å²) in [6, 6.07) is 6.67. The lowest BCUT2D eigenvalue weighted by Gasteiger charge is -2.29. The standard InChI is InChI=1S/C14H16BrNO4/c1-2-16(12-8-20-7-11(12)14(18)19)13(17)9-4-3-5-10(15)6-9/h3-6,11-12H,2,7-8H2,1H3,(H,18,19). The molecule has 1 fully saturated rings. The van der Waals surface area contributed by atoms with Crippen molar-refractivity contribution in [2.75, 3.05) is 19.8 Å². The summed E-state index contributed by atoms with van der Waals surface area (Å²) in [6.45, 7) is 2.71. The number of carbonyl (C=O) groups is 2. The highest BCUT2D eigenvalue weighted by Crippen LogP contribution is 2.22. The Labute approximate surface area is 125 Å². The summed E-state index contributed by atoms with van der Waals surface area (Å²) in [5.41, 5.74) is 0.539. The fourth-order valence-corrected chi connectivity index (χ4v) is 2.80. The maximum atomic E-state index is 12.5. The maximum absolute atomic E-state index is 12.5. The van der Waals surface area contributed by atoms with Gasteiger partial charge in [-0.05, 0) is 25.1 Å². The van der Waals surface area contributed by atoms with E-state index in [0.29, 0.717) is 12.1 Å². The minimum absolute atomic E-state index is 0.155. The minimum Gasteiger partial charge on any atom is -0.481 e. The van der Waals surface area contributed by atoms with Crippen molar-refractivity contribution >= 4 is 27.8 Å². The highest BCUT2D eigenvalue weighted by molar-refractivity contribution is 9.10. The normalized spacial score (nSPS) is 21.7. The van der Waals surface area contributed by atoms with Crippen LogP contribution in [0.25, 0.3) is 0 Å². The zero-order chi connectivity index (χ0) is 14.7. The molecule has 1 aliphatic rings. The SMILES string of the molecule is CCN(C(=O)c1cccc(Br)c1)C1COCC1C(=O)O. The smallest absolute Gasteiger partial charge is 0.311 e. The molecule has 1 N–H and O–H groups in total. The summed E-state index contributed by atoms with van der Waals surface area (Å²) in [4.78, 5) is 25.3. The van der Waals surface area contributed by atoms with E-state index in [-0.39, 0.29) is 19.1 Å². The second kappa shape index (κ2) is 6.37. The van der Waals surface area contributed by atoms with Crippen LogP contribution in [0.2, 0.25) is 0 Å². The Kier molecular flexibility index (Phi) is 4.77. The first-order valence-electron chi connectivity index (χ1n) is 6.41. The van der Waals surface area contributed by atoms with Crippen molar-refractivity contribution in [2.24, 2.45) is 5.92 Å². The van der Waals surface area contributed by atoms with Crippen LogP contribution in [-0.2, 0) is 9.53 Å². The molecule has 0 spiro atoms. The maximum Gasteiger partial charge on any atom is 0.311 e. The Morgan fingerprint density at radius 3 is 2.80 bits per heavy atom. The van der Waals surface area contributed by atoms with Gasteiger partial charge >= 0.3 is 5.97 Å². The number of likely N-dealkylation sites (N-methyl/N-ethyl adjacent to an activating group) is 1. The summed E-state index contributed by atoms with van der Waals surface area (Å²) in [5.74, 6) is -1.76. The van der Waals surface area contributed by atoms with Gasteiger partial charge in [0.25, 0.3) is 5.91 Å². The molecule has 0 aromatic heterocycles. The van der Waals surface area contributed by atoms with E-state index in [1.807, 2.05) is 13.0 Å². The van der Waals surface area contributed by atoms with E-state index in [9.17, 15) is 14.7 Å². The van der Waals surface area contributed by atoms with Crippen molar-refractivity contribution in [1.82, 2.24) is 4.90 Å². The van der Waals surface area contributed by atoms with Gasteiger partial charge in [0.05, 0.1) is 19.3 Å². The van der Waals surface area contributed by atoms with Crippen LogP contribution in [0.5, 0.6) is 0 Å². The highest BCUT2D eigenvalue weighted by Gasteiger charge is 2.39. The zero-order valence-electron chi connectivity index (χ0n) is 11.1. The number of amides is 1. The lowest BCUT2D eigenvalue weighted by atomic mass is 10.0. The molecule has 0 bridgehead atoms. The average molecular weight is 342 g/mol. The Hall–Kier alpha value is -1.40. The van der Waals surface area contributed by atoms with E-state index in [1.54, 1.807) is 23.1 Å². The van der Waals surface area contributed by atoms with Gasteiger partial charge < -0.3 is 14.7 Å². The van der Waals surface area contributed by atoms with Gasteiger partial charge in [-0.1, -0.05) is 22.0 Å². The summed E-state index contributed by atoms with van der Waals surface area (Å²) >= 11 is 3.33. The van der Waals surface area contributed by atoms with Crippen molar-refractivity contribution in [3.63, 3.8) is 0 Å². The van der Waals surface area contributed by atoms with Crippen molar-refractivity contribution in [3.8, 4) is 0 Å². The van der Waals surface area contributed by atoms with Crippen LogP contribution in [0.3, 0.4) is 0 Å². The van der Waals surface area contributed by atoms with Gasteiger partial charge in [-0.25, -0.2) is 0 Å². The number of carboxylic acids is 1. The minimum atomic E-state index is -0.923. The number of carbonyl (C=O) groups excluding carboxylic acids is 1. The van der Waals surface area contributed by atoms with Crippen LogP contribution in [-0.4, -0.2) is 47.7 Å². The predicted molar refractivity (Wildman–Crippen MR) is 76.6 cm³/mol. The van der Waals surface area contributed by atoms with Crippen molar-refractivity contribution in [1.29, 1.82) is 0 Å². The molecule has 1 aromatic rings. The lowest BCUT2D eigenvalue weighted by Crippen LogP contribution is -2.46. The van der Waals surface area contributed by atoms with Crippen LogP contribution < -0.4 is 0 Å². The van der Waals surface area contributed by atoms with Crippen LogP contribution >= 0.6 is 15.9 Å². The Morgan fingerprint density at radius 2 is 2.20 bits per heavy atom. The third kappa shape index (κ3) is 3.02. The van der Waals surface area contributed by atoms with E-state index in [4.69, 9.17) is 4.74 Å². The Bertz CT molecular complexity index is 520. The molecule has 1 aromatic carbocycles. The van der Waals surface area contributed by atoms with Gasteiger partial charge in [0.2, 0.25) is 0 Å². The molecule has 108 valence electrons. The molecule has 20 heavy (non-hydrogen) atoms. The number of aliphatic carboxylic acids is 1. The number of ether oxygens (including phenoxy) is 1. The fourth-order valence-electron chi connectivity index (χ4n) is 2.40. The molecule has 6 heteroatoms. The monoisotopic (exact) mass is 341 g/mol. The van der Waals surface area contributed by atoms with Gasteiger partial charge in [-0.3, -0.25) is 9.59 Å². The molecule has 0 radical (unpaired) electrons.